The number of nitrogens with zero attached hydrogens (tertiary/aromatic N) is 2. The van der Waals surface area contributed by atoms with Crippen LogP contribution in [0.5, 0.6) is 5.75 Å². The van der Waals surface area contributed by atoms with Crippen molar-refractivity contribution in [1.82, 2.24) is 9.97 Å². The van der Waals surface area contributed by atoms with Crippen molar-refractivity contribution < 1.29 is 27.4 Å². The summed E-state index contributed by atoms with van der Waals surface area (Å²) in [4.78, 5) is 18.8. The minimum absolute atomic E-state index is 0.0361. The predicted molar refractivity (Wildman–Crippen MR) is 91.8 cm³/mol. The minimum atomic E-state index is -4.63. The number of primary amides is 1. The summed E-state index contributed by atoms with van der Waals surface area (Å²) in [5, 5.41) is 2.91. The van der Waals surface area contributed by atoms with Gasteiger partial charge >= 0.3 is 6.18 Å². The summed E-state index contributed by atoms with van der Waals surface area (Å²) in [5.74, 6) is -0.474. The SMILES string of the molecule is COCC(Nc1ncc(C(N)=O)cc1Cl)c1nc(C(F)(F)F)ccc1OC. The third-order valence-corrected chi connectivity index (χ3v) is 3.78. The lowest BCUT2D eigenvalue weighted by Crippen LogP contribution is -2.21. The van der Waals surface area contributed by atoms with Crippen LogP contribution in [-0.2, 0) is 10.9 Å². The summed E-state index contributed by atoms with van der Waals surface area (Å²) in [6.07, 6.45) is -3.44. The predicted octanol–water partition coefficient (Wildman–Crippen LogP) is 3.06. The van der Waals surface area contributed by atoms with Crippen molar-refractivity contribution in [3.63, 3.8) is 0 Å². The standard InChI is InChI=1S/C16H16ClF3N4O3/c1-26-7-10(23-15-9(17)5-8(6-22-15)14(21)25)13-11(27-2)3-4-12(24-13)16(18,19)20/h3-6,10H,7H2,1-2H3,(H2,21,25)(H,22,23). The number of carbonyl (C=O) groups is 1. The van der Waals surface area contributed by atoms with Crippen molar-refractivity contribution in [1.29, 1.82) is 0 Å². The number of halogens is 4. The number of rotatable bonds is 7. The number of amides is 1. The molecule has 2 aromatic rings. The Kier molecular flexibility index (Phi) is 6.45. The van der Waals surface area contributed by atoms with Gasteiger partial charge in [-0.2, -0.15) is 13.2 Å². The van der Waals surface area contributed by atoms with Crippen molar-refractivity contribution in [2.75, 3.05) is 26.1 Å². The molecule has 2 rings (SSSR count). The molecule has 7 nitrogen and oxygen atoms in total. The Balaban J connectivity index is 2.44. The Bertz CT molecular complexity index is 833. The van der Waals surface area contributed by atoms with Gasteiger partial charge in [0.1, 0.15) is 23.0 Å². The van der Waals surface area contributed by atoms with Crippen LogP contribution < -0.4 is 15.8 Å². The highest BCUT2D eigenvalue weighted by molar-refractivity contribution is 6.33. The van der Waals surface area contributed by atoms with Crippen LogP contribution in [0.15, 0.2) is 24.4 Å². The second kappa shape index (κ2) is 8.40. The Labute approximate surface area is 157 Å². The number of hydrogen-bond donors (Lipinski definition) is 2. The first-order chi connectivity index (χ1) is 12.7. The Morgan fingerprint density at radius 3 is 2.59 bits per heavy atom. The fraction of sp³-hybridized carbons (Fsp3) is 0.312. The lowest BCUT2D eigenvalue weighted by atomic mass is 10.1. The first kappa shape index (κ1) is 20.7. The molecule has 0 saturated heterocycles. The molecule has 0 fully saturated rings. The van der Waals surface area contributed by atoms with Crippen LogP contribution in [0.1, 0.15) is 27.8 Å². The molecule has 0 bridgehead atoms. The van der Waals surface area contributed by atoms with Gasteiger partial charge in [0.2, 0.25) is 5.91 Å². The Hall–Kier alpha value is -2.59. The third-order valence-electron chi connectivity index (χ3n) is 3.50. The quantitative estimate of drug-likeness (QED) is 0.735. The van der Waals surface area contributed by atoms with E-state index in [1.807, 2.05) is 0 Å². The van der Waals surface area contributed by atoms with Gasteiger partial charge in [0.15, 0.2) is 0 Å². The van der Waals surface area contributed by atoms with Crippen LogP contribution in [-0.4, -0.2) is 36.7 Å². The molecule has 0 spiro atoms. The summed E-state index contributed by atoms with van der Waals surface area (Å²) >= 11 is 6.08. The molecule has 0 radical (unpaired) electrons. The lowest BCUT2D eigenvalue weighted by Gasteiger charge is -2.22. The van der Waals surface area contributed by atoms with Gasteiger partial charge in [-0.15, -0.1) is 0 Å². The highest BCUT2D eigenvalue weighted by atomic mass is 35.5. The first-order valence-corrected chi connectivity index (χ1v) is 7.88. The molecule has 3 N–H and O–H groups in total. The maximum Gasteiger partial charge on any atom is 0.433 e. The third kappa shape index (κ3) is 4.98. The molecule has 0 aliphatic rings. The van der Waals surface area contributed by atoms with Gasteiger partial charge in [0.05, 0.1) is 30.3 Å². The fourth-order valence-electron chi connectivity index (χ4n) is 2.24. The average Bonchev–Trinajstić information content (AvgIpc) is 2.61. The molecule has 2 aromatic heterocycles. The van der Waals surface area contributed by atoms with Crippen molar-refractivity contribution >= 4 is 23.3 Å². The summed E-state index contributed by atoms with van der Waals surface area (Å²) in [6.45, 7) is -0.0553. The smallest absolute Gasteiger partial charge is 0.433 e. The number of methoxy groups -OCH3 is 2. The van der Waals surface area contributed by atoms with Gasteiger partial charge in [-0.1, -0.05) is 11.6 Å². The number of alkyl halides is 3. The summed E-state index contributed by atoms with van der Waals surface area (Å²) in [6, 6.07) is 2.41. The highest BCUT2D eigenvalue weighted by Crippen LogP contribution is 2.34. The van der Waals surface area contributed by atoms with E-state index in [4.69, 9.17) is 26.8 Å². The van der Waals surface area contributed by atoms with Gasteiger partial charge in [0, 0.05) is 13.3 Å². The van der Waals surface area contributed by atoms with Gasteiger partial charge in [-0.25, -0.2) is 9.97 Å². The molecular formula is C16H16ClF3N4O3. The molecular weight excluding hydrogens is 389 g/mol. The molecule has 2 heterocycles. The zero-order chi connectivity index (χ0) is 20.2. The molecule has 146 valence electrons. The molecule has 1 amide bonds. The molecule has 1 unspecified atom stereocenters. The van der Waals surface area contributed by atoms with Crippen molar-refractivity contribution in [2.45, 2.75) is 12.2 Å². The summed E-state index contributed by atoms with van der Waals surface area (Å²) in [7, 11) is 2.69. The van der Waals surface area contributed by atoms with Crippen LogP contribution in [0.4, 0.5) is 19.0 Å². The normalized spacial score (nSPS) is 12.5. The molecule has 0 aliphatic heterocycles. The Morgan fingerprint density at radius 2 is 2.07 bits per heavy atom. The second-order valence-electron chi connectivity index (χ2n) is 5.35. The number of aromatic nitrogens is 2. The maximum absolute atomic E-state index is 13.0. The van der Waals surface area contributed by atoms with Crippen LogP contribution in [0.25, 0.3) is 0 Å². The first-order valence-electron chi connectivity index (χ1n) is 7.50. The number of carbonyl (C=O) groups excluding carboxylic acids is 1. The number of anilines is 1. The number of hydrogen-bond acceptors (Lipinski definition) is 6. The van der Waals surface area contributed by atoms with Crippen LogP contribution in [0, 0.1) is 0 Å². The van der Waals surface area contributed by atoms with E-state index in [0.717, 1.165) is 6.07 Å². The maximum atomic E-state index is 13.0. The molecule has 1 atom stereocenters. The molecule has 27 heavy (non-hydrogen) atoms. The second-order valence-corrected chi connectivity index (χ2v) is 5.76. The largest absolute Gasteiger partial charge is 0.495 e. The Morgan fingerprint density at radius 1 is 1.37 bits per heavy atom. The molecule has 0 aromatic carbocycles. The fourth-order valence-corrected chi connectivity index (χ4v) is 2.46. The van der Waals surface area contributed by atoms with Gasteiger partial charge < -0.3 is 20.5 Å². The zero-order valence-electron chi connectivity index (χ0n) is 14.3. The molecule has 0 saturated carbocycles. The summed E-state index contributed by atoms with van der Waals surface area (Å²) in [5.41, 5.74) is 4.13. The monoisotopic (exact) mass is 404 g/mol. The highest BCUT2D eigenvalue weighted by Gasteiger charge is 2.34. The number of nitrogens with one attached hydrogen (secondary N) is 1. The molecule has 11 heteroatoms. The van der Waals surface area contributed by atoms with E-state index in [2.05, 4.69) is 15.3 Å². The topological polar surface area (TPSA) is 99.4 Å². The number of nitrogens with two attached hydrogens (primary N) is 1. The zero-order valence-corrected chi connectivity index (χ0v) is 15.1. The van der Waals surface area contributed by atoms with Crippen LogP contribution >= 0.6 is 11.6 Å². The van der Waals surface area contributed by atoms with Crippen LogP contribution in [0.3, 0.4) is 0 Å². The van der Waals surface area contributed by atoms with Crippen LogP contribution in [0.2, 0.25) is 5.02 Å². The van der Waals surface area contributed by atoms with E-state index in [1.165, 1.54) is 32.5 Å². The average molecular weight is 405 g/mol. The van der Waals surface area contributed by atoms with E-state index in [1.54, 1.807) is 0 Å². The van der Waals surface area contributed by atoms with E-state index >= 15 is 0 Å². The van der Waals surface area contributed by atoms with Crippen molar-refractivity contribution in [2.24, 2.45) is 5.73 Å². The van der Waals surface area contributed by atoms with E-state index in [9.17, 15) is 18.0 Å². The number of pyridine rings is 2. The lowest BCUT2D eigenvalue weighted by molar-refractivity contribution is -0.141. The van der Waals surface area contributed by atoms with Gasteiger partial charge in [0.25, 0.3) is 0 Å². The number of ether oxygens (including phenoxy) is 2. The minimum Gasteiger partial charge on any atom is -0.495 e. The van der Waals surface area contributed by atoms with Crippen molar-refractivity contribution in [3.8, 4) is 5.75 Å². The van der Waals surface area contributed by atoms with Gasteiger partial charge in [-0.3, -0.25) is 4.79 Å². The van der Waals surface area contributed by atoms with E-state index in [-0.39, 0.29) is 34.5 Å². The van der Waals surface area contributed by atoms with E-state index in [0.29, 0.717) is 0 Å². The molecule has 0 aliphatic carbocycles. The summed E-state index contributed by atoms with van der Waals surface area (Å²) < 4.78 is 49.3. The van der Waals surface area contributed by atoms with E-state index < -0.39 is 23.8 Å². The van der Waals surface area contributed by atoms with Gasteiger partial charge in [-0.05, 0) is 18.2 Å². The van der Waals surface area contributed by atoms with Crippen molar-refractivity contribution in [3.05, 3.63) is 46.4 Å².